The predicted molar refractivity (Wildman–Crippen MR) is 80.7 cm³/mol. The lowest BCUT2D eigenvalue weighted by atomic mass is 9.72. The summed E-state index contributed by atoms with van der Waals surface area (Å²) < 4.78 is 0. The van der Waals surface area contributed by atoms with Crippen LogP contribution in [0.15, 0.2) is 36.4 Å². The van der Waals surface area contributed by atoms with Gasteiger partial charge in [0.25, 0.3) is 0 Å². The highest BCUT2D eigenvalue weighted by Gasteiger charge is 2.32. The van der Waals surface area contributed by atoms with Gasteiger partial charge in [-0.2, -0.15) is 0 Å². The third-order valence-corrected chi connectivity index (χ3v) is 4.63. The standard InChI is InChI=1S/C17H18ClN/c1-10-7-15(16(18)8-11(10)2)17(19)14-9-12-5-3-4-6-13(12)14/h3-8,14,17H,9,19H2,1-2H3. The molecular weight excluding hydrogens is 254 g/mol. The smallest absolute Gasteiger partial charge is 0.0456 e. The van der Waals surface area contributed by atoms with E-state index in [0.29, 0.717) is 5.92 Å². The Kier molecular flexibility index (Phi) is 3.12. The average Bonchev–Trinajstić information content (AvgIpc) is 2.35. The van der Waals surface area contributed by atoms with E-state index in [9.17, 15) is 0 Å². The van der Waals surface area contributed by atoms with Gasteiger partial charge in [-0.3, -0.25) is 0 Å². The highest BCUT2D eigenvalue weighted by atomic mass is 35.5. The highest BCUT2D eigenvalue weighted by Crippen LogP contribution is 2.43. The van der Waals surface area contributed by atoms with E-state index in [2.05, 4.69) is 44.2 Å². The zero-order valence-corrected chi connectivity index (χ0v) is 12.0. The first-order chi connectivity index (χ1) is 9.08. The first-order valence-electron chi connectivity index (χ1n) is 6.68. The maximum atomic E-state index is 6.45. The minimum absolute atomic E-state index is 0.0123. The Balaban J connectivity index is 1.94. The van der Waals surface area contributed by atoms with Crippen LogP contribution in [-0.4, -0.2) is 0 Å². The Morgan fingerprint density at radius 3 is 2.58 bits per heavy atom. The van der Waals surface area contributed by atoms with E-state index in [1.807, 2.05) is 6.07 Å². The maximum Gasteiger partial charge on any atom is 0.0456 e. The van der Waals surface area contributed by atoms with Gasteiger partial charge < -0.3 is 5.73 Å². The summed E-state index contributed by atoms with van der Waals surface area (Å²) in [7, 11) is 0. The molecule has 0 heterocycles. The van der Waals surface area contributed by atoms with Gasteiger partial charge in [-0.25, -0.2) is 0 Å². The van der Waals surface area contributed by atoms with Gasteiger partial charge in [0.1, 0.15) is 0 Å². The number of aryl methyl sites for hydroxylation is 2. The van der Waals surface area contributed by atoms with Gasteiger partial charge in [-0.1, -0.05) is 41.9 Å². The van der Waals surface area contributed by atoms with E-state index in [1.165, 1.54) is 22.3 Å². The molecule has 1 nitrogen and oxygen atoms in total. The molecule has 2 N–H and O–H groups in total. The molecule has 19 heavy (non-hydrogen) atoms. The zero-order valence-electron chi connectivity index (χ0n) is 11.3. The molecule has 98 valence electrons. The molecule has 0 saturated carbocycles. The molecule has 0 fully saturated rings. The van der Waals surface area contributed by atoms with Crippen LogP contribution in [0.1, 0.15) is 39.8 Å². The van der Waals surface area contributed by atoms with Crippen molar-refractivity contribution < 1.29 is 0 Å². The van der Waals surface area contributed by atoms with E-state index in [4.69, 9.17) is 17.3 Å². The number of hydrogen-bond acceptors (Lipinski definition) is 1. The Labute approximate surface area is 119 Å². The topological polar surface area (TPSA) is 26.0 Å². The minimum atomic E-state index is -0.0123. The predicted octanol–water partition coefficient (Wildman–Crippen LogP) is 4.30. The normalized spacial score (nSPS) is 18.6. The SMILES string of the molecule is Cc1cc(Cl)c(C(N)C2Cc3ccccc32)cc1C. The third-order valence-electron chi connectivity index (χ3n) is 4.30. The number of halogens is 1. The van der Waals surface area contributed by atoms with Crippen molar-refractivity contribution in [2.75, 3.05) is 0 Å². The maximum absolute atomic E-state index is 6.45. The van der Waals surface area contributed by atoms with Crippen molar-refractivity contribution in [3.63, 3.8) is 0 Å². The zero-order chi connectivity index (χ0) is 13.6. The number of rotatable bonds is 2. The van der Waals surface area contributed by atoms with Crippen LogP contribution in [0.25, 0.3) is 0 Å². The molecule has 2 heteroatoms. The van der Waals surface area contributed by atoms with E-state index in [1.54, 1.807) is 0 Å². The Hall–Kier alpha value is -1.31. The van der Waals surface area contributed by atoms with Gasteiger partial charge in [0.2, 0.25) is 0 Å². The van der Waals surface area contributed by atoms with Crippen molar-refractivity contribution >= 4 is 11.6 Å². The molecular formula is C17H18ClN. The molecule has 0 radical (unpaired) electrons. The lowest BCUT2D eigenvalue weighted by molar-refractivity contribution is 0.500. The van der Waals surface area contributed by atoms with E-state index < -0.39 is 0 Å². The van der Waals surface area contributed by atoms with Crippen LogP contribution in [0, 0.1) is 13.8 Å². The highest BCUT2D eigenvalue weighted by molar-refractivity contribution is 6.31. The molecule has 0 saturated heterocycles. The van der Waals surface area contributed by atoms with Crippen molar-refractivity contribution in [3.8, 4) is 0 Å². The van der Waals surface area contributed by atoms with E-state index in [0.717, 1.165) is 17.0 Å². The molecule has 2 unspecified atom stereocenters. The summed E-state index contributed by atoms with van der Waals surface area (Å²) >= 11 is 6.37. The lowest BCUT2D eigenvalue weighted by Crippen LogP contribution is -2.29. The Bertz CT molecular complexity index is 633. The van der Waals surface area contributed by atoms with Crippen LogP contribution in [0.2, 0.25) is 5.02 Å². The van der Waals surface area contributed by atoms with Gasteiger partial charge in [0.05, 0.1) is 0 Å². The molecule has 0 aliphatic heterocycles. The molecule has 2 atom stereocenters. The second-order valence-electron chi connectivity index (χ2n) is 5.49. The second kappa shape index (κ2) is 4.66. The van der Waals surface area contributed by atoms with Gasteiger partial charge in [-0.05, 0) is 54.2 Å². The van der Waals surface area contributed by atoms with Gasteiger partial charge >= 0.3 is 0 Å². The fourth-order valence-electron chi connectivity index (χ4n) is 2.89. The summed E-state index contributed by atoms with van der Waals surface area (Å²) in [4.78, 5) is 0. The van der Waals surface area contributed by atoms with Crippen molar-refractivity contribution in [1.29, 1.82) is 0 Å². The first-order valence-corrected chi connectivity index (χ1v) is 7.05. The van der Waals surface area contributed by atoms with Crippen LogP contribution in [0.3, 0.4) is 0 Å². The summed E-state index contributed by atoms with van der Waals surface area (Å²) in [5, 5.41) is 0.792. The fraction of sp³-hybridized carbons (Fsp3) is 0.294. The van der Waals surface area contributed by atoms with Gasteiger partial charge in [0, 0.05) is 17.0 Å². The monoisotopic (exact) mass is 271 g/mol. The molecule has 0 spiro atoms. The van der Waals surface area contributed by atoms with Crippen LogP contribution in [-0.2, 0) is 6.42 Å². The van der Waals surface area contributed by atoms with Crippen molar-refractivity contribution in [2.45, 2.75) is 32.2 Å². The number of fused-ring (bicyclic) bond motifs is 1. The first kappa shape index (κ1) is 12.7. The number of nitrogens with two attached hydrogens (primary N) is 1. The molecule has 1 aliphatic carbocycles. The largest absolute Gasteiger partial charge is 0.323 e. The van der Waals surface area contributed by atoms with Gasteiger partial charge in [-0.15, -0.1) is 0 Å². The molecule has 1 aliphatic rings. The molecule has 0 bridgehead atoms. The second-order valence-corrected chi connectivity index (χ2v) is 5.90. The third kappa shape index (κ3) is 2.07. The summed E-state index contributed by atoms with van der Waals surface area (Å²) in [6.45, 7) is 4.19. The van der Waals surface area contributed by atoms with Crippen molar-refractivity contribution in [2.24, 2.45) is 5.73 Å². The molecule has 0 amide bonds. The number of benzene rings is 2. The van der Waals surface area contributed by atoms with Crippen molar-refractivity contribution in [3.05, 3.63) is 69.2 Å². The van der Waals surface area contributed by atoms with Crippen LogP contribution in [0.5, 0.6) is 0 Å². The number of hydrogen-bond donors (Lipinski definition) is 1. The molecule has 3 rings (SSSR count). The summed E-state index contributed by atoms with van der Waals surface area (Å²) in [5.41, 5.74) is 12.8. The van der Waals surface area contributed by atoms with E-state index in [-0.39, 0.29) is 6.04 Å². The minimum Gasteiger partial charge on any atom is -0.323 e. The Morgan fingerprint density at radius 2 is 1.84 bits per heavy atom. The molecule has 2 aromatic carbocycles. The quantitative estimate of drug-likeness (QED) is 0.866. The molecule has 2 aromatic rings. The van der Waals surface area contributed by atoms with Crippen molar-refractivity contribution in [1.82, 2.24) is 0 Å². The molecule has 0 aromatic heterocycles. The van der Waals surface area contributed by atoms with Crippen LogP contribution in [0.4, 0.5) is 0 Å². The van der Waals surface area contributed by atoms with Crippen LogP contribution >= 0.6 is 11.6 Å². The average molecular weight is 272 g/mol. The summed E-state index contributed by atoms with van der Waals surface area (Å²) in [5.74, 6) is 0.399. The fourth-order valence-corrected chi connectivity index (χ4v) is 3.24. The van der Waals surface area contributed by atoms with Crippen LogP contribution < -0.4 is 5.73 Å². The lowest BCUT2D eigenvalue weighted by Gasteiger charge is -2.35. The van der Waals surface area contributed by atoms with Gasteiger partial charge in [0.15, 0.2) is 0 Å². The summed E-state index contributed by atoms with van der Waals surface area (Å²) in [6.07, 6.45) is 1.06. The Morgan fingerprint density at radius 1 is 1.16 bits per heavy atom. The van der Waals surface area contributed by atoms with E-state index >= 15 is 0 Å². The summed E-state index contributed by atoms with van der Waals surface area (Å²) in [6, 6.07) is 12.7.